The molecule has 0 saturated carbocycles. The zero-order valence-electron chi connectivity index (χ0n) is 10.9. The minimum atomic E-state index is -2.83. The van der Waals surface area contributed by atoms with Crippen LogP contribution in [0.3, 0.4) is 0 Å². The number of alkyl halides is 2. The highest BCUT2D eigenvalue weighted by molar-refractivity contribution is 9.10. The van der Waals surface area contributed by atoms with Crippen molar-refractivity contribution in [2.45, 2.75) is 33.1 Å². The molecule has 108 valence electrons. The summed E-state index contributed by atoms with van der Waals surface area (Å²) in [6.45, 7) is 2.10. The van der Waals surface area contributed by atoms with Gasteiger partial charge in [0.25, 0.3) is 0 Å². The molecule has 1 rings (SSSR count). The summed E-state index contributed by atoms with van der Waals surface area (Å²) in [6.07, 6.45) is -0.398. The summed E-state index contributed by atoms with van der Waals surface area (Å²) in [4.78, 5) is 0. The summed E-state index contributed by atoms with van der Waals surface area (Å²) < 4.78 is 29.0. The number of halogens is 3. The van der Waals surface area contributed by atoms with Crippen LogP contribution in [0, 0.1) is 5.92 Å². The van der Waals surface area contributed by atoms with Crippen molar-refractivity contribution in [3.8, 4) is 5.75 Å². The molecule has 0 heterocycles. The number of rotatable bonds is 7. The maximum Gasteiger partial charge on any atom is 0.387 e. The van der Waals surface area contributed by atoms with Crippen LogP contribution in [0.15, 0.2) is 22.7 Å². The third kappa shape index (κ3) is 5.84. The standard InChI is InChI=1S/C13H18BrF2NO2/c1-8(2)11(18)7-17-6-9-3-4-12(10(14)5-9)19-13(15)16/h3-5,8,11,13,17-18H,6-7H2,1-2H3. The summed E-state index contributed by atoms with van der Waals surface area (Å²) in [5.74, 6) is 0.307. The van der Waals surface area contributed by atoms with Crippen molar-refractivity contribution < 1.29 is 18.6 Å². The van der Waals surface area contributed by atoms with E-state index in [1.807, 2.05) is 13.8 Å². The molecule has 0 bridgehead atoms. The van der Waals surface area contributed by atoms with E-state index in [1.165, 1.54) is 6.07 Å². The van der Waals surface area contributed by atoms with E-state index >= 15 is 0 Å². The van der Waals surface area contributed by atoms with Crippen molar-refractivity contribution >= 4 is 15.9 Å². The van der Waals surface area contributed by atoms with Gasteiger partial charge in [0.1, 0.15) is 5.75 Å². The van der Waals surface area contributed by atoms with Crippen LogP contribution in [-0.2, 0) is 6.54 Å². The van der Waals surface area contributed by atoms with Crippen LogP contribution in [0.1, 0.15) is 19.4 Å². The smallest absolute Gasteiger partial charge is 0.387 e. The van der Waals surface area contributed by atoms with Crippen LogP contribution in [0.4, 0.5) is 8.78 Å². The molecule has 19 heavy (non-hydrogen) atoms. The summed E-state index contributed by atoms with van der Waals surface area (Å²) in [7, 11) is 0. The monoisotopic (exact) mass is 337 g/mol. The van der Waals surface area contributed by atoms with Gasteiger partial charge >= 0.3 is 6.61 Å². The predicted molar refractivity (Wildman–Crippen MR) is 73.3 cm³/mol. The third-order valence-corrected chi connectivity index (χ3v) is 3.28. The minimum Gasteiger partial charge on any atom is -0.434 e. The van der Waals surface area contributed by atoms with Gasteiger partial charge in [-0.05, 0) is 39.5 Å². The van der Waals surface area contributed by atoms with Gasteiger partial charge in [0.2, 0.25) is 0 Å². The summed E-state index contributed by atoms with van der Waals surface area (Å²) in [6, 6.07) is 4.91. The number of benzene rings is 1. The van der Waals surface area contributed by atoms with Crippen LogP contribution >= 0.6 is 15.9 Å². The van der Waals surface area contributed by atoms with Gasteiger partial charge < -0.3 is 15.2 Å². The zero-order valence-corrected chi connectivity index (χ0v) is 12.5. The van der Waals surface area contributed by atoms with Gasteiger partial charge in [0, 0.05) is 13.1 Å². The summed E-state index contributed by atoms with van der Waals surface area (Å²) in [5, 5.41) is 12.7. The molecule has 2 N–H and O–H groups in total. The second kappa shape index (κ2) is 7.77. The van der Waals surface area contributed by atoms with E-state index in [2.05, 4.69) is 26.0 Å². The second-order valence-corrected chi connectivity index (χ2v) is 5.44. The average molecular weight is 338 g/mol. The third-order valence-electron chi connectivity index (χ3n) is 2.66. The lowest BCUT2D eigenvalue weighted by atomic mass is 10.1. The Labute approximate surface area is 120 Å². The fourth-order valence-electron chi connectivity index (χ4n) is 1.45. The Morgan fingerprint density at radius 2 is 2.05 bits per heavy atom. The van der Waals surface area contributed by atoms with E-state index in [1.54, 1.807) is 12.1 Å². The second-order valence-electron chi connectivity index (χ2n) is 4.59. The summed E-state index contributed by atoms with van der Waals surface area (Å²) >= 11 is 3.18. The SMILES string of the molecule is CC(C)C(O)CNCc1ccc(OC(F)F)c(Br)c1. The molecule has 0 aliphatic carbocycles. The molecule has 0 spiro atoms. The van der Waals surface area contributed by atoms with Crippen molar-refractivity contribution in [1.82, 2.24) is 5.32 Å². The van der Waals surface area contributed by atoms with E-state index < -0.39 is 12.7 Å². The van der Waals surface area contributed by atoms with Crippen LogP contribution < -0.4 is 10.1 Å². The Hall–Kier alpha value is -0.720. The first-order valence-electron chi connectivity index (χ1n) is 6.02. The normalized spacial score (nSPS) is 13.1. The van der Waals surface area contributed by atoms with E-state index in [0.717, 1.165) is 5.56 Å². The van der Waals surface area contributed by atoms with Crippen LogP contribution in [-0.4, -0.2) is 24.4 Å². The molecule has 1 aromatic carbocycles. The molecule has 0 aliphatic heterocycles. The van der Waals surface area contributed by atoms with Crippen LogP contribution in [0.5, 0.6) is 5.75 Å². The first-order valence-corrected chi connectivity index (χ1v) is 6.81. The highest BCUT2D eigenvalue weighted by Gasteiger charge is 2.10. The largest absolute Gasteiger partial charge is 0.434 e. The van der Waals surface area contributed by atoms with Gasteiger partial charge in [-0.25, -0.2) is 0 Å². The maximum absolute atomic E-state index is 12.1. The molecule has 0 fully saturated rings. The first kappa shape index (κ1) is 16.3. The molecular weight excluding hydrogens is 320 g/mol. The van der Waals surface area contributed by atoms with Crippen LogP contribution in [0.2, 0.25) is 0 Å². The fourth-order valence-corrected chi connectivity index (χ4v) is 1.97. The van der Waals surface area contributed by atoms with Gasteiger partial charge in [0.15, 0.2) is 0 Å². The molecule has 0 aromatic heterocycles. The Balaban J connectivity index is 2.50. The van der Waals surface area contributed by atoms with Crippen molar-refractivity contribution in [2.75, 3.05) is 6.54 Å². The molecule has 0 radical (unpaired) electrons. The molecule has 1 aromatic rings. The molecular formula is C13H18BrF2NO2. The Kier molecular flexibility index (Phi) is 6.68. The fraction of sp³-hybridized carbons (Fsp3) is 0.538. The van der Waals surface area contributed by atoms with Crippen molar-refractivity contribution in [2.24, 2.45) is 5.92 Å². The van der Waals surface area contributed by atoms with E-state index in [4.69, 9.17) is 0 Å². The maximum atomic E-state index is 12.1. The first-order chi connectivity index (χ1) is 8.90. The molecule has 0 amide bonds. The number of aliphatic hydroxyl groups excluding tert-OH is 1. The van der Waals surface area contributed by atoms with E-state index in [9.17, 15) is 13.9 Å². The quantitative estimate of drug-likeness (QED) is 0.803. The van der Waals surface area contributed by atoms with Gasteiger partial charge in [-0.3, -0.25) is 0 Å². The predicted octanol–water partition coefficient (Wildman–Crippen LogP) is 3.16. The molecule has 1 unspecified atom stereocenters. The molecule has 3 nitrogen and oxygen atoms in total. The Morgan fingerprint density at radius 3 is 2.58 bits per heavy atom. The number of ether oxygens (including phenoxy) is 1. The van der Waals surface area contributed by atoms with Gasteiger partial charge in [-0.1, -0.05) is 19.9 Å². The van der Waals surface area contributed by atoms with Crippen molar-refractivity contribution in [3.05, 3.63) is 28.2 Å². The summed E-state index contributed by atoms with van der Waals surface area (Å²) in [5.41, 5.74) is 0.921. The highest BCUT2D eigenvalue weighted by atomic mass is 79.9. The number of hydrogen-bond donors (Lipinski definition) is 2. The Morgan fingerprint density at radius 1 is 1.37 bits per heavy atom. The molecule has 6 heteroatoms. The average Bonchev–Trinajstić information content (AvgIpc) is 2.31. The topological polar surface area (TPSA) is 41.5 Å². The zero-order chi connectivity index (χ0) is 14.4. The van der Waals surface area contributed by atoms with Crippen molar-refractivity contribution in [3.63, 3.8) is 0 Å². The number of nitrogens with one attached hydrogen (secondary N) is 1. The Bertz CT molecular complexity index is 402. The van der Waals surface area contributed by atoms with E-state index in [-0.39, 0.29) is 11.7 Å². The lowest BCUT2D eigenvalue weighted by Gasteiger charge is -2.15. The lowest BCUT2D eigenvalue weighted by Crippen LogP contribution is -2.30. The van der Waals surface area contributed by atoms with Gasteiger partial charge in [-0.15, -0.1) is 0 Å². The van der Waals surface area contributed by atoms with Crippen molar-refractivity contribution in [1.29, 1.82) is 0 Å². The van der Waals surface area contributed by atoms with Crippen LogP contribution in [0.25, 0.3) is 0 Å². The number of aliphatic hydroxyl groups is 1. The molecule has 0 aliphatic rings. The molecule has 0 saturated heterocycles. The van der Waals surface area contributed by atoms with Gasteiger partial charge in [-0.2, -0.15) is 8.78 Å². The lowest BCUT2D eigenvalue weighted by molar-refractivity contribution is -0.0503. The number of hydrogen-bond acceptors (Lipinski definition) is 3. The van der Waals surface area contributed by atoms with E-state index in [0.29, 0.717) is 17.6 Å². The van der Waals surface area contributed by atoms with Gasteiger partial charge in [0.05, 0.1) is 10.6 Å². The minimum absolute atomic E-state index is 0.112. The molecule has 1 atom stereocenters. The highest BCUT2D eigenvalue weighted by Crippen LogP contribution is 2.27.